The number of nitrogens with one attached hydrogen (secondary N) is 1. The quantitative estimate of drug-likeness (QED) is 0.703. The Morgan fingerprint density at radius 2 is 1.83 bits per heavy atom. The highest BCUT2D eigenvalue weighted by Crippen LogP contribution is 2.31. The third-order valence-electron chi connectivity index (χ3n) is 4.00. The molecule has 0 saturated carbocycles. The SMILES string of the molecule is CCOC(=O)c1cnc2c(C)cccc2c1Nc1ccccc1C. The second-order valence-electron chi connectivity index (χ2n) is 5.68. The molecule has 2 aromatic carbocycles. The van der Waals surface area contributed by atoms with Crippen LogP contribution in [0.15, 0.2) is 48.7 Å². The lowest BCUT2D eigenvalue weighted by Crippen LogP contribution is -2.09. The van der Waals surface area contributed by atoms with Crippen LogP contribution in [0, 0.1) is 13.8 Å². The fourth-order valence-electron chi connectivity index (χ4n) is 2.72. The molecule has 0 fully saturated rings. The van der Waals surface area contributed by atoms with Crippen molar-refractivity contribution in [1.82, 2.24) is 4.98 Å². The molecule has 1 heterocycles. The Labute approximate surface area is 141 Å². The highest BCUT2D eigenvalue weighted by molar-refractivity contribution is 6.06. The molecule has 4 nitrogen and oxygen atoms in total. The number of nitrogens with zero attached hydrogens (tertiary/aromatic N) is 1. The summed E-state index contributed by atoms with van der Waals surface area (Å²) in [5, 5.41) is 4.32. The highest BCUT2D eigenvalue weighted by Gasteiger charge is 2.18. The molecule has 0 aliphatic carbocycles. The predicted octanol–water partition coefficient (Wildman–Crippen LogP) is 4.77. The topological polar surface area (TPSA) is 51.2 Å². The van der Waals surface area contributed by atoms with Gasteiger partial charge >= 0.3 is 5.97 Å². The van der Waals surface area contributed by atoms with Crippen molar-refractivity contribution in [2.45, 2.75) is 20.8 Å². The predicted molar refractivity (Wildman–Crippen MR) is 96.9 cm³/mol. The van der Waals surface area contributed by atoms with Gasteiger partial charge in [-0.25, -0.2) is 4.79 Å². The molecular formula is C20H20N2O2. The summed E-state index contributed by atoms with van der Waals surface area (Å²) in [7, 11) is 0. The van der Waals surface area contributed by atoms with Crippen LogP contribution in [0.1, 0.15) is 28.4 Å². The number of aryl methyl sites for hydroxylation is 2. The largest absolute Gasteiger partial charge is 0.462 e. The summed E-state index contributed by atoms with van der Waals surface area (Å²) in [5.41, 5.74) is 5.18. The smallest absolute Gasteiger partial charge is 0.341 e. The lowest BCUT2D eigenvalue weighted by Gasteiger charge is -2.16. The third-order valence-corrected chi connectivity index (χ3v) is 4.00. The Kier molecular flexibility index (Phi) is 4.47. The zero-order valence-electron chi connectivity index (χ0n) is 14.1. The molecule has 0 unspecified atom stereocenters. The molecule has 0 amide bonds. The number of benzene rings is 2. The number of carbonyl (C=O) groups excluding carboxylic acids is 1. The molecule has 0 aliphatic rings. The summed E-state index contributed by atoms with van der Waals surface area (Å²) in [6.07, 6.45) is 1.59. The highest BCUT2D eigenvalue weighted by atomic mass is 16.5. The second kappa shape index (κ2) is 6.71. The van der Waals surface area contributed by atoms with Crippen LogP contribution in [0.2, 0.25) is 0 Å². The lowest BCUT2D eigenvalue weighted by atomic mass is 10.1. The number of para-hydroxylation sites is 2. The molecule has 0 aliphatic heterocycles. The van der Waals surface area contributed by atoms with Gasteiger partial charge in [-0.3, -0.25) is 4.98 Å². The summed E-state index contributed by atoms with van der Waals surface area (Å²) < 4.78 is 5.20. The standard InChI is InChI=1S/C20H20N2O2/c1-4-24-20(23)16-12-21-18-14(3)9-7-10-15(18)19(16)22-17-11-6-5-8-13(17)2/h5-12H,4H2,1-3H3,(H,21,22). The molecule has 0 bridgehead atoms. The Balaban J connectivity index is 2.21. The molecule has 4 heteroatoms. The first-order valence-electron chi connectivity index (χ1n) is 8.00. The fraction of sp³-hybridized carbons (Fsp3) is 0.200. The molecular weight excluding hydrogens is 300 g/mol. The van der Waals surface area contributed by atoms with Crippen LogP contribution in [0.3, 0.4) is 0 Å². The van der Waals surface area contributed by atoms with Crippen molar-refractivity contribution in [3.8, 4) is 0 Å². The molecule has 1 aromatic heterocycles. The molecule has 122 valence electrons. The van der Waals surface area contributed by atoms with Crippen LogP contribution in [0.4, 0.5) is 11.4 Å². The van der Waals surface area contributed by atoms with Crippen LogP contribution < -0.4 is 5.32 Å². The molecule has 24 heavy (non-hydrogen) atoms. The van der Waals surface area contributed by atoms with E-state index in [2.05, 4.69) is 10.3 Å². The minimum Gasteiger partial charge on any atom is -0.462 e. The fourth-order valence-corrected chi connectivity index (χ4v) is 2.72. The van der Waals surface area contributed by atoms with Crippen LogP contribution >= 0.6 is 0 Å². The van der Waals surface area contributed by atoms with Crippen molar-refractivity contribution in [1.29, 1.82) is 0 Å². The van der Waals surface area contributed by atoms with E-state index >= 15 is 0 Å². The van der Waals surface area contributed by atoms with E-state index in [4.69, 9.17) is 4.74 Å². The number of esters is 1. The second-order valence-corrected chi connectivity index (χ2v) is 5.68. The van der Waals surface area contributed by atoms with Gasteiger partial charge in [0.2, 0.25) is 0 Å². The van der Waals surface area contributed by atoms with Crippen molar-refractivity contribution >= 4 is 28.2 Å². The summed E-state index contributed by atoms with van der Waals surface area (Å²) in [5.74, 6) is -0.371. The number of aromatic nitrogens is 1. The number of rotatable bonds is 4. The van der Waals surface area contributed by atoms with E-state index in [1.165, 1.54) is 0 Å². The number of carbonyl (C=O) groups is 1. The van der Waals surface area contributed by atoms with Crippen molar-refractivity contribution < 1.29 is 9.53 Å². The Morgan fingerprint density at radius 1 is 1.08 bits per heavy atom. The first kappa shape index (κ1) is 16.0. The van der Waals surface area contributed by atoms with E-state index in [0.29, 0.717) is 12.2 Å². The average molecular weight is 320 g/mol. The van der Waals surface area contributed by atoms with Gasteiger partial charge in [0.15, 0.2) is 0 Å². The van der Waals surface area contributed by atoms with Crippen molar-refractivity contribution in [2.75, 3.05) is 11.9 Å². The van der Waals surface area contributed by atoms with E-state index in [1.807, 2.05) is 56.3 Å². The number of anilines is 2. The zero-order valence-corrected chi connectivity index (χ0v) is 14.1. The summed E-state index contributed by atoms with van der Waals surface area (Å²) in [4.78, 5) is 16.8. The molecule has 0 atom stereocenters. The van der Waals surface area contributed by atoms with E-state index in [-0.39, 0.29) is 5.97 Å². The molecule has 0 spiro atoms. The van der Waals surface area contributed by atoms with E-state index < -0.39 is 0 Å². The summed E-state index contributed by atoms with van der Waals surface area (Å²) in [6.45, 7) is 6.16. The lowest BCUT2D eigenvalue weighted by molar-refractivity contribution is 0.0527. The Morgan fingerprint density at radius 3 is 2.58 bits per heavy atom. The van der Waals surface area contributed by atoms with Crippen LogP contribution in [-0.2, 0) is 4.74 Å². The van der Waals surface area contributed by atoms with Gasteiger partial charge in [-0.1, -0.05) is 36.4 Å². The number of fused-ring (bicyclic) bond motifs is 1. The normalized spacial score (nSPS) is 10.6. The van der Waals surface area contributed by atoms with E-state index in [9.17, 15) is 4.79 Å². The third kappa shape index (κ3) is 2.95. The molecule has 3 aromatic rings. The maximum atomic E-state index is 12.4. The molecule has 1 N–H and O–H groups in total. The monoisotopic (exact) mass is 320 g/mol. The summed E-state index contributed by atoms with van der Waals surface area (Å²) in [6, 6.07) is 13.9. The van der Waals surface area contributed by atoms with Gasteiger partial charge in [0, 0.05) is 17.3 Å². The molecule has 3 rings (SSSR count). The average Bonchev–Trinajstić information content (AvgIpc) is 2.58. The van der Waals surface area contributed by atoms with Crippen molar-refractivity contribution in [3.05, 3.63) is 65.4 Å². The summed E-state index contributed by atoms with van der Waals surface area (Å²) >= 11 is 0. The van der Waals surface area contributed by atoms with Gasteiger partial charge in [0.05, 0.1) is 17.8 Å². The number of hydrogen-bond donors (Lipinski definition) is 1. The molecule has 0 radical (unpaired) electrons. The first-order valence-corrected chi connectivity index (χ1v) is 8.00. The van der Waals surface area contributed by atoms with Gasteiger partial charge in [0.1, 0.15) is 5.56 Å². The van der Waals surface area contributed by atoms with Crippen molar-refractivity contribution in [2.24, 2.45) is 0 Å². The van der Waals surface area contributed by atoms with E-state index in [0.717, 1.165) is 33.4 Å². The zero-order chi connectivity index (χ0) is 17.1. The van der Waals surface area contributed by atoms with Gasteiger partial charge in [-0.2, -0.15) is 0 Å². The maximum Gasteiger partial charge on any atom is 0.341 e. The van der Waals surface area contributed by atoms with Crippen LogP contribution in [0.25, 0.3) is 10.9 Å². The first-order chi connectivity index (χ1) is 11.6. The van der Waals surface area contributed by atoms with Gasteiger partial charge in [-0.05, 0) is 38.0 Å². The number of hydrogen-bond acceptors (Lipinski definition) is 4. The van der Waals surface area contributed by atoms with Gasteiger partial charge in [0.25, 0.3) is 0 Å². The van der Waals surface area contributed by atoms with Crippen LogP contribution in [-0.4, -0.2) is 17.6 Å². The Hall–Kier alpha value is -2.88. The molecule has 0 saturated heterocycles. The van der Waals surface area contributed by atoms with Crippen molar-refractivity contribution in [3.63, 3.8) is 0 Å². The maximum absolute atomic E-state index is 12.4. The van der Waals surface area contributed by atoms with Crippen LogP contribution in [0.5, 0.6) is 0 Å². The van der Waals surface area contributed by atoms with E-state index in [1.54, 1.807) is 13.1 Å². The minimum atomic E-state index is -0.371. The Bertz CT molecular complexity index is 903. The minimum absolute atomic E-state index is 0.328. The van der Waals surface area contributed by atoms with Gasteiger partial charge in [-0.15, -0.1) is 0 Å². The van der Waals surface area contributed by atoms with Gasteiger partial charge < -0.3 is 10.1 Å². The number of pyridine rings is 1. The number of ether oxygens (including phenoxy) is 1.